The average molecular weight is 607 g/mol. The van der Waals surface area contributed by atoms with Crippen molar-refractivity contribution in [3.8, 4) is 0 Å². The van der Waals surface area contributed by atoms with Crippen molar-refractivity contribution in [3.05, 3.63) is 53.0 Å². The normalized spacial score (nSPS) is 21.8. The number of fused-ring (bicyclic) bond motifs is 1. The number of hydrogen-bond acceptors (Lipinski definition) is 10. The Hall–Kier alpha value is -3.90. The first-order valence-corrected chi connectivity index (χ1v) is 15.7. The molecular weight excluding hydrogens is 560 g/mol. The molecule has 4 aliphatic rings. The number of benzene rings is 1. The van der Waals surface area contributed by atoms with E-state index < -0.39 is 11.9 Å². The lowest BCUT2D eigenvalue weighted by Gasteiger charge is -2.55. The number of amides is 4. The maximum absolute atomic E-state index is 13.2. The summed E-state index contributed by atoms with van der Waals surface area (Å²) >= 11 is 0. The van der Waals surface area contributed by atoms with Crippen LogP contribution in [0.2, 0.25) is 0 Å². The van der Waals surface area contributed by atoms with Crippen LogP contribution in [-0.4, -0.2) is 97.2 Å². The average Bonchev–Trinajstić information content (AvgIpc) is 3.26. The number of nitrogens with one attached hydrogen (secondary N) is 1. The lowest BCUT2D eigenvalue weighted by molar-refractivity contribution is -0.125. The van der Waals surface area contributed by atoms with Gasteiger partial charge in [-0.25, -0.2) is 0 Å². The Kier molecular flexibility index (Phi) is 9.59. The number of hydrogen-bond donors (Lipinski definition) is 4. The SMILES string of the molecule is CC(CCC(=O)NC=O)N1C(=O)c2ccc(N3CC4(CCN(CC5CCN(/C(N)=C/C=C(\N)CN)CC5)CC4)C3)cc2C1=O. The van der Waals surface area contributed by atoms with Gasteiger partial charge in [0.25, 0.3) is 11.8 Å². The van der Waals surface area contributed by atoms with Crippen molar-refractivity contribution in [3.63, 3.8) is 0 Å². The first-order valence-electron chi connectivity index (χ1n) is 15.7. The van der Waals surface area contributed by atoms with Crippen molar-refractivity contribution in [2.75, 3.05) is 57.3 Å². The van der Waals surface area contributed by atoms with E-state index in [1.165, 1.54) is 4.90 Å². The first kappa shape index (κ1) is 31.5. The Labute approximate surface area is 259 Å². The van der Waals surface area contributed by atoms with Gasteiger partial charge in [0.1, 0.15) is 0 Å². The minimum Gasteiger partial charge on any atom is -0.401 e. The van der Waals surface area contributed by atoms with E-state index in [2.05, 4.69) is 20.0 Å². The molecule has 3 saturated heterocycles. The van der Waals surface area contributed by atoms with Gasteiger partial charge in [0.05, 0.1) is 16.9 Å². The van der Waals surface area contributed by atoms with Gasteiger partial charge in [-0.2, -0.15) is 0 Å². The van der Waals surface area contributed by atoms with Crippen LogP contribution in [0, 0.1) is 11.3 Å². The van der Waals surface area contributed by atoms with Gasteiger partial charge in [-0.1, -0.05) is 0 Å². The van der Waals surface area contributed by atoms with E-state index >= 15 is 0 Å². The van der Waals surface area contributed by atoms with E-state index in [1.807, 2.05) is 18.2 Å². The zero-order valence-corrected chi connectivity index (χ0v) is 25.7. The van der Waals surface area contributed by atoms with Crippen molar-refractivity contribution in [2.24, 2.45) is 28.5 Å². The molecule has 7 N–H and O–H groups in total. The van der Waals surface area contributed by atoms with Gasteiger partial charge < -0.3 is 31.9 Å². The second kappa shape index (κ2) is 13.4. The quantitative estimate of drug-likeness (QED) is 0.161. The summed E-state index contributed by atoms with van der Waals surface area (Å²) in [6.07, 6.45) is 8.92. The van der Waals surface area contributed by atoms with E-state index in [4.69, 9.17) is 17.2 Å². The number of rotatable bonds is 11. The highest BCUT2D eigenvalue weighted by molar-refractivity contribution is 6.22. The summed E-state index contributed by atoms with van der Waals surface area (Å²) in [7, 11) is 0. The highest BCUT2D eigenvalue weighted by Gasteiger charge is 2.46. The predicted molar refractivity (Wildman–Crippen MR) is 168 cm³/mol. The molecule has 5 rings (SSSR count). The molecule has 3 fully saturated rings. The second-order valence-corrected chi connectivity index (χ2v) is 12.9. The molecule has 12 heteroatoms. The number of anilines is 1. The molecule has 1 unspecified atom stereocenters. The van der Waals surface area contributed by atoms with Crippen molar-refractivity contribution >= 4 is 29.8 Å². The van der Waals surface area contributed by atoms with Crippen molar-refractivity contribution in [2.45, 2.75) is 51.5 Å². The number of imide groups is 2. The van der Waals surface area contributed by atoms with Crippen LogP contribution >= 0.6 is 0 Å². The Bertz CT molecular complexity index is 1320. The number of carbonyl (C=O) groups excluding carboxylic acids is 4. The zero-order valence-electron chi connectivity index (χ0n) is 25.7. The van der Waals surface area contributed by atoms with Crippen LogP contribution in [0.5, 0.6) is 0 Å². The molecule has 0 aliphatic carbocycles. The van der Waals surface area contributed by atoms with Gasteiger partial charge >= 0.3 is 0 Å². The minimum atomic E-state index is -0.452. The molecule has 12 nitrogen and oxygen atoms in total. The van der Waals surface area contributed by atoms with Gasteiger partial charge in [0, 0.05) is 68.5 Å². The monoisotopic (exact) mass is 606 g/mol. The number of likely N-dealkylation sites (tertiary alicyclic amines) is 2. The summed E-state index contributed by atoms with van der Waals surface area (Å²) in [6.45, 7) is 9.26. The topological polar surface area (TPSA) is 171 Å². The summed E-state index contributed by atoms with van der Waals surface area (Å²) in [6, 6.07) is 5.09. The van der Waals surface area contributed by atoms with E-state index in [-0.39, 0.29) is 24.7 Å². The molecule has 4 heterocycles. The molecule has 0 saturated carbocycles. The second-order valence-electron chi connectivity index (χ2n) is 12.9. The third kappa shape index (κ3) is 6.76. The van der Waals surface area contributed by atoms with Crippen LogP contribution in [0.1, 0.15) is 66.2 Å². The van der Waals surface area contributed by atoms with Crippen LogP contribution in [0.25, 0.3) is 0 Å². The molecule has 0 aromatic heterocycles. The molecular formula is C32H46N8O4. The maximum Gasteiger partial charge on any atom is 0.261 e. The highest BCUT2D eigenvalue weighted by Crippen LogP contribution is 2.43. The summed E-state index contributed by atoms with van der Waals surface area (Å²) in [5.41, 5.74) is 20.3. The fourth-order valence-corrected chi connectivity index (χ4v) is 7.03. The van der Waals surface area contributed by atoms with Crippen LogP contribution in [0.3, 0.4) is 0 Å². The molecule has 1 aromatic carbocycles. The zero-order chi connectivity index (χ0) is 31.4. The summed E-state index contributed by atoms with van der Waals surface area (Å²) in [5, 5.41) is 2.09. The first-order chi connectivity index (χ1) is 21.1. The fourth-order valence-electron chi connectivity index (χ4n) is 7.03. The van der Waals surface area contributed by atoms with Crippen LogP contribution in [-0.2, 0) is 9.59 Å². The van der Waals surface area contributed by atoms with Crippen molar-refractivity contribution in [1.82, 2.24) is 20.0 Å². The van der Waals surface area contributed by atoms with E-state index in [9.17, 15) is 19.2 Å². The molecule has 0 bridgehead atoms. The Morgan fingerprint density at radius 2 is 1.73 bits per heavy atom. The van der Waals surface area contributed by atoms with Gasteiger partial charge in [-0.3, -0.25) is 29.4 Å². The van der Waals surface area contributed by atoms with Crippen molar-refractivity contribution < 1.29 is 19.2 Å². The van der Waals surface area contributed by atoms with Crippen LogP contribution < -0.4 is 27.4 Å². The third-order valence-electron chi connectivity index (χ3n) is 9.89. The van der Waals surface area contributed by atoms with Gasteiger partial charge in [0.2, 0.25) is 12.3 Å². The highest BCUT2D eigenvalue weighted by atomic mass is 16.2. The van der Waals surface area contributed by atoms with E-state index in [0.29, 0.717) is 41.1 Å². The van der Waals surface area contributed by atoms with Crippen LogP contribution in [0.4, 0.5) is 5.69 Å². The predicted octanol–water partition coefficient (Wildman–Crippen LogP) is 0.940. The summed E-state index contributed by atoms with van der Waals surface area (Å²) < 4.78 is 0. The lowest BCUT2D eigenvalue weighted by Crippen LogP contribution is -2.60. The molecule has 1 spiro atoms. The van der Waals surface area contributed by atoms with Crippen molar-refractivity contribution in [1.29, 1.82) is 0 Å². The summed E-state index contributed by atoms with van der Waals surface area (Å²) in [5.74, 6) is 0.345. The number of piperidine rings is 2. The Morgan fingerprint density at radius 1 is 1.05 bits per heavy atom. The Balaban J connectivity index is 1.07. The van der Waals surface area contributed by atoms with E-state index in [0.717, 1.165) is 83.0 Å². The third-order valence-corrected chi connectivity index (χ3v) is 9.89. The minimum absolute atomic E-state index is 0.0576. The Morgan fingerprint density at radius 3 is 2.39 bits per heavy atom. The fraction of sp³-hybridized carbons (Fsp3) is 0.562. The maximum atomic E-state index is 13.2. The number of carbonyl (C=O) groups is 4. The smallest absolute Gasteiger partial charge is 0.261 e. The molecule has 1 aromatic rings. The van der Waals surface area contributed by atoms with Gasteiger partial charge in [0.15, 0.2) is 0 Å². The number of nitrogens with zero attached hydrogens (tertiary/aromatic N) is 4. The molecule has 0 radical (unpaired) electrons. The molecule has 4 amide bonds. The number of allylic oxidation sites excluding steroid dienone is 2. The number of nitrogens with two attached hydrogens (primary N) is 3. The molecule has 238 valence electrons. The van der Waals surface area contributed by atoms with Gasteiger partial charge in [-0.05, 0) is 88.4 Å². The lowest BCUT2D eigenvalue weighted by atomic mass is 9.71. The molecule has 1 atom stereocenters. The molecule has 4 aliphatic heterocycles. The van der Waals surface area contributed by atoms with Gasteiger partial charge in [-0.15, -0.1) is 0 Å². The molecule has 44 heavy (non-hydrogen) atoms. The largest absolute Gasteiger partial charge is 0.401 e. The standard InChI is InChI=1S/C32H46N8O4/c1-22(2-7-29(42)36-21-41)40-30(43)26-5-4-25(16-27(26)31(40)44)39-19-32(20-39)10-14-37(15-11-32)18-23-8-12-38(13-9-23)28(35)6-3-24(34)17-33/h3-6,16,21-23H,2,7-15,17-20,33-35H2,1H3,(H,36,41,42)/b24-3-,28-6+. The summed E-state index contributed by atoms with van der Waals surface area (Å²) in [4.78, 5) is 56.8. The van der Waals surface area contributed by atoms with Crippen LogP contribution in [0.15, 0.2) is 41.9 Å². The van der Waals surface area contributed by atoms with E-state index in [1.54, 1.807) is 19.1 Å².